The molecular formula is C13H17BrO2. The van der Waals surface area contributed by atoms with Gasteiger partial charge < -0.3 is 9.84 Å². The molecule has 1 aliphatic rings. The first kappa shape index (κ1) is 11.9. The highest BCUT2D eigenvalue weighted by Crippen LogP contribution is 2.65. The van der Waals surface area contributed by atoms with Crippen molar-refractivity contribution in [1.82, 2.24) is 0 Å². The summed E-state index contributed by atoms with van der Waals surface area (Å²) in [7, 11) is 1.66. The SMILES string of the molecule is COc1cccc(C2(CO)CC2(C)C)c1Br. The zero-order valence-electron chi connectivity index (χ0n) is 9.88. The molecule has 0 heterocycles. The van der Waals surface area contributed by atoms with E-state index in [0.29, 0.717) is 0 Å². The Morgan fingerprint density at radius 3 is 2.50 bits per heavy atom. The molecule has 0 aliphatic heterocycles. The summed E-state index contributed by atoms with van der Waals surface area (Å²) in [5.41, 5.74) is 1.20. The lowest BCUT2D eigenvalue weighted by molar-refractivity contribution is 0.230. The molecule has 1 unspecified atom stereocenters. The third kappa shape index (κ3) is 1.49. The van der Waals surface area contributed by atoms with Gasteiger partial charge in [0.25, 0.3) is 0 Å². The molecule has 0 amide bonds. The first-order chi connectivity index (χ1) is 7.48. The number of aliphatic hydroxyl groups is 1. The Hall–Kier alpha value is -0.540. The van der Waals surface area contributed by atoms with Crippen LogP contribution in [-0.2, 0) is 5.41 Å². The molecule has 1 aliphatic carbocycles. The number of ether oxygens (including phenoxy) is 1. The van der Waals surface area contributed by atoms with E-state index in [1.54, 1.807) is 7.11 Å². The van der Waals surface area contributed by atoms with E-state index in [4.69, 9.17) is 4.74 Å². The van der Waals surface area contributed by atoms with Crippen LogP contribution in [0, 0.1) is 5.41 Å². The van der Waals surface area contributed by atoms with Crippen molar-refractivity contribution in [2.45, 2.75) is 25.7 Å². The minimum atomic E-state index is -0.111. The van der Waals surface area contributed by atoms with Gasteiger partial charge >= 0.3 is 0 Å². The van der Waals surface area contributed by atoms with Crippen LogP contribution < -0.4 is 4.74 Å². The molecule has 0 aromatic heterocycles. The zero-order valence-corrected chi connectivity index (χ0v) is 11.5. The third-order valence-electron chi connectivity index (χ3n) is 3.88. The molecule has 1 N–H and O–H groups in total. The highest BCUT2D eigenvalue weighted by molar-refractivity contribution is 9.10. The van der Waals surface area contributed by atoms with Gasteiger partial charge in [-0.1, -0.05) is 26.0 Å². The standard InChI is InChI=1S/C13H17BrO2/c1-12(2)7-13(12,8-15)9-5-4-6-10(16-3)11(9)14/h4-6,15H,7-8H2,1-3H3. The Labute approximate surface area is 105 Å². The lowest BCUT2D eigenvalue weighted by Gasteiger charge is -2.21. The summed E-state index contributed by atoms with van der Waals surface area (Å²) in [4.78, 5) is 0. The van der Waals surface area contributed by atoms with Crippen LogP contribution in [0.2, 0.25) is 0 Å². The molecule has 16 heavy (non-hydrogen) atoms. The molecule has 1 aromatic rings. The Bertz CT molecular complexity index is 414. The Balaban J connectivity index is 2.49. The largest absolute Gasteiger partial charge is 0.496 e. The molecular weight excluding hydrogens is 268 g/mol. The number of hydrogen-bond donors (Lipinski definition) is 1. The van der Waals surface area contributed by atoms with Crippen molar-refractivity contribution in [3.05, 3.63) is 28.2 Å². The predicted octanol–water partition coefficient (Wildman–Crippen LogP) is 3.12. The fourth-order valence-electron chi connectivity index (χ4n) is 2.56. The molecule has 1 saturated carbocycles. The maximum Gasteiger partial charge on any atom is 0.133 e. The Morgan fingerprint density at radius 2 is 2.06 bits per heavy atom. The van der Waals surface area contributed by atoms with E-state index < -0.39 is 0 Å². The van der Waals surface area contributed by atoms with E-state index in [9.17, 15) is 5.11 Å². The smallest absolute Gasteiger partial charge is 0.133 e. The van der Waals surface area contributed by atoms with Gasteiger partial charge in [0.2, 0.25) is 0 Å². The average Bonchev–Trinajstić information content (AvgIpc) is 2.82. The van der Waals surface area contributed by atoms with Crippen LogP contribution in [0.15, 0.2) is 22.7 Å². The molecule has 0 radical (unpaired) electrons. The normalized spacial score (nSPS) is 26.6. The van der Waals surface area contributed by atoms with Crippen molar-refractivity contribution in [2.75, 3.05) is 13.7 Å². The molecule has 1 aromatic carbocycles. The number of halogens is 1. The minimum absolute atomic E-state index is 0.111. The molecule has 0 saturated heterocycles. The van der Waals surface area contributed by atoms with Crippen LogP contribution in [0.3, 0.4) is 0 Å². The molecule has 0 spiro atoms. The summed E-state index contributed by atoms with van der Waals surface area (Å²) in [6, 6.07) is 5.97. The first-order valence-electron chi connectivity index (χ1n) is 5.42. The second kappa shape index (κ2) is 3.74. The van der Waals surface area contributed by atoms with Crippen LogP contribution in [0.25, 0.3) is 0 Å². The molecule has 3 heteroatoms. The summed E-state index contributed by atoms with van der Waals surface area (Å²) in [6.45, 7) is 4.57. The fraction of sp³-hybridized carbons (Fsp3) is 0.538. The van der Waals surface area contributed by atoms with Gasteiger partial charge in [0.05, 0.1) is 18.2 Å². The summed E-state index contributed by atoms with van der Waals surface area (Å²) in [5.74, 6) is 0.827. The van der Waals surface area contributed by atoms with Gasteiger partial charge in [-0.15, -0.1) is 0 Å². The molecule has 2 rings (SSSR count). The molecule has 1 fully saturated rings. The van der Waals surface area contributed by atoms with E-state index in [0.717, 1.165) is 22.2 Å². The van der Waals surface area contributed by atoms with Gasteiger partial charge in [0.1, 0.15) is 5.75 Å². The Kier molecular flexibility index (Phi) is 2.79. The van der Waals surface area contributed by atoms with Crippen molar-refractivity contribution in [3.63, 3.8) is 0 Å². The number of aliphatic hydroxyl groups excluding tert-OH is 1. The second-order valence-corrected chi connectivity index (χ2v) is 5.92. The van der Waals surface area contributed by atoms with Crippen LogP contribution in [-0.4, -0.2) is 18.8 Å². The lowest BCUT2D eigenvalue weighted by atomic mass is 9.88. The van der Waals surface area contributed by atoms with Gasteiger partial charge in [-0.05, 0) is 39.4 Å². The fourth-order valence-corrected chi connectivity index (χ4v) is 3.37. The van der Waals surface area contributed by atoms with Crippen LogP contribution in [0.4, 0.5) is 0 Å². The summed E-state index contributed by atoms with van der Waals surface area (Å²) in [5, 5.41) is 9.67. The minimum Gasteiger partial charge on any atom is -0.496 e. The van der Waals surface area contributed by atoms with Gasteiger partial charge in [-0.2, -0.15) is 0 Å². The maximum atomic E-state index is 9.67. The van der Waals surface area contributed by atoms with Crippen molar-refractivity contribution in [2.24, 2.45) is 5.41 Å². The quantitative estimate of drug-likeness (QED) is 0.924. The first-order valence-corrected chi connectivity index (χ1v) is 6.22. The van der Waals surface area contributed by atoms with Crippen LogP contribution in [0.1, 0.15) is 25.8 Å². The van der Waals surface area contributed by atoms with Crippen molar-refractivity contribution in [3.8, 4) is 5.75 Å². The summed E-state index contributed by atoms with van der Waals surface area (Å²) in [6.07, 6.45) is 1.02. The number of rotatable bonds is 3. The van der Waals surface area contributed by atoms with Gasteiger partial charge in [-0.3, -0.25) is 0 Å². The van der Waals surface area contributed by atoms with Gasteiger partial charge in [-0.25, -0.2) is 0 Å². The van der Waals surface area contributed by atoms with Gasteiger partial charge in [0, 0.05) is 5.41 Å². The van der Waals surface area contributed by atoms with Crippen LogP contribution >= 0.6 is 15.9 Å². The van der Waals surface area contributed by atoms with E-state index in [-0.39, 0.29) is 17.4 Å². The summed E-state index contributed by atoms with van der Waals surface area (Å²) >= 11 is 3.57. The van der Waals surface area contributed by atoms with Gasteiger partial charge in [0.15, 0.2) is 0 Å². The highest BCUT2D eigenvalue weighted by atomic mass is 79.9. The maximum absolute atomic E-state index is 9.67. The predicted molar refractivity (Wildman–Crippen MR) is 67.9 cm³/mol. The number of methoxy groups -OCH3 is 1. The van der Waals surface area contributed by atoms with Crippen molar-refractivity contribution < 1.29 is 9.84 Å². The third-order valence-corrected chi connectivity index (χ3v) is 4.70. The zero-order chi connectivity index (χ0) is 12.0. The number of benzene rings is 1. The monoisotopic (exact) mass is 284 g/mol. The van der Waals surface area contributed by atoms with E-state index >= 15 is 0 Å². The molecule has 2 nitrogen and oxygen atoms in total. The molecule has 0 bridgehead atoms. The lowest BCUT2D eigenvalue weighted by Crippen LogP contribution is -2.20. The average molecular weight is 285 g/mol. The molecule has 1 atom stereocenters. The molecule has 88 valence electrons. The Morgan fingerprint density at radius 1 is 1.44 bits per heavy atom. The van der Waals surface area contributed by atoms with E-state index in [1.165, 1.54) is 0 Å². The van der Waals surface area contributed by atoms with E-state index in [1.807, 2.05) is 12.1 Å². The van der Waals surface area contributed by atoms with Crippen LogP contribution in [0.5, 0.6) is 5.75 Å². The second-order valence-electron chi connectivity index (χ2n) is 5.12. The number of hydrogen-bond acceptors (Lipinski definition) is 2. The van der Waals surface area contributed by atoms with Crippen molar-refractivity contribution >= 4 is 15.9 Å². The highest BCUT2D eigenvalue weighted by Gasteiger charge is 2.62. The summed E-state index contributed by atoms with van der Waals surface area (Å²) < 4.78 is 6.26. The topological polar surface area (TPSA) is 29.5 Å². The van der Waals surface area contributed by atoms with E-state index in [2.05, 4.69) is 35.8 Å². The van der Waals surface area contributed by atoms with Crippen molar-refractivity contribution in [1.29, 1.82) is 0 Å².